The molecule has 0 heterocycles. The number of benzene rings is 3. The fourth-order valence-electron chi connectivity index (χ4n) is 4.22. The predicted octanol–water partition coefficient (Wildman–Crippen LogP) is 6.31. The zero-order valence-electron chi connectivity index (χ0n) is 22.4. The molecule has 0 fully saturated rings. The van der Waals surface area contributed by atoms with Gasteiger partial charge in [-0.25, -0.2) is 0 Å². The van der Waals surface area contributed by atoms with E-state index < -0.39 is 6.04 Å². The van der Waals surface area contributed by atoms with E-state index in [2.05, 4.69) is 27.3 Å². The van der Waals surface area contributed by atoms with Gasteiger partial charge in [0.2, 0.25) is 5.91 Å². The summed E-state index contributed by atoms with van der Waals surface area (Å²) >= 11 is 3.58. The van der Waals surface area contributed by atoms with Crippen molar-refractivity contribution < 1.29 is 14.3 Å². The van der Waals surface area contributed by atoms with Gasteiger partial charge in [0, 0.05) is 23.5 Å². The highest BCUT2D eigenvalue weighted by Crippen LogP contribution is 2.26. The van der Waals surface area contributed by atoms with Crippen LogP contribution in [-0.2, 0) is 22.6 Å². The van der Waals surface area contributed by atoms with E-state index in [0.717, 1.165) is 38.7 Å². The first kappa shape index (κ1) is 28.5. The average molecular weight is 566 g/mol. The standard InChI is InChI=1S/C31H37BrN2O3/c1-6-24(5)33-31(36)28(18-25-12-8-7-9-13-25)34(19-26-14-10-11-21(2)15-26)29(35)20-37-27-16-22(3)30(32)23(4)17-27/h7-17,24,28H,6,18-20H2,1-5H3,(H,33,36)/t24-,28-/m0/s1. The molecule has 0 spiro atoms. The Morgan fingerprint density at radius 1 is 0.946 bits per heavy atom. The lowest BCUT2D eigenvalue weighted by molar-refractivity contribution is -0.143. The van der Waals surface area contributed by atoms with Crippen LogP contribution in [0.25, 0.3) is 0 Å². The van der Waals surface area contributed by atoms with Crippen LogP contribution in [0.5, 0.6) is 5.75 Å². The Labute approximate surface area is 229 Å². The predicted molar refractivity (Wildman–Crippen MR) is 153 cm³/mol. The molecule has 1 N–H and O–H groups in total. The van der Waals surface area contributed by atoms with Crippen LogP contribution in [-0.4, -0.2) is 35.4 Å². The molecule has 0 radical (unpaired) electrons. The van der Waals surface area contributed by atoms with Gasteiger partial charge in [-0.2, -0.15) is 0 Å². The number of carbonyl (C=O) groups is 2. The lowest BCUT2D eigenvalue weighted by atomic mass is 10.0. The van der Waals surface area contributed by atoms with Crippen molar-refractivity contribution in [3.63, 3.8) is 0 Å². The van der Waals surface area contributed by atoms with Crippen LogP contribution in [0.4, 0.5) is 0 Å². The van der Waals surface area contributed by atoms with Crippen LogP contribution in [0.15, 0.2) is 71.2 Å². The van der Waals surface area contributed by atoms with Crippen molar-refractivity contribution in [3.05, 3.63) is 99.0 Å². The van der Waals surface area contributed by atoms with Gasteiger partial charge in [0.25, 0.3) is 5.91 Å². The summed E-state index contributed by atoms with van der Waals surface area (Å²) in [4.78, 5) is 29.0. The van der Waals surface area contributed by atoms with Gasteiger partial charge in [-0.1, -0.05) is 83.0 Å². The minimum Gasteiger partial charge on any atom is -0.484 e. The van der Waals surface area contributed by atoms with Crippen molar-refractivity contribution in [2.24, 2.45) is 0 Å². The molecule has 37 heavy (non-hydrogen) atoms. The molecule has 3 rings (SSSR count). The maximum atomic E-state index is 13.7. The molecular weight excluding hydrogens is 528 g/mol. The van der Waals surface area contributed by atoms with Crippen molar-refractivity contribution in [1.29, 1.82) is 0 Å². The van der Waals surface area contributed by atoms with Gasteiger partial charge in [-0.3, -0.25) is 9.59 Å². The molecular formula is C31H37BrN2O3. The molecule has 0 aliphatic carbocycles. The van der Waals surface area contributed by atoms with Gasteiger partial charge in [0.05, 0.1) is 0 Å². The number of amides is 2. The molecule has 0 saturated heterocycles. The summed E-state index contributed by atoms with van der Waals surface area (Å²) in [7, 11) is 0. The first-order chi connectivity index (χ1) is 17.7. The molecule has 6 heteroatoms. The Hall–Kier alpha value is -3.12. The fourth-order valence-corrected chi connectivity index (χ4v) is 4.45. The van der Waals surface area contributed by atoms with Gasteiger partial charge >= 0.3 is 0 Å². The molecule has 2 amide bonds. The van der Waals surface area contributed by atoms with E-state index in [1.807, 2.05) is 95.3 Å². The Bertz CT molecular complexity index is 1190. The maximum absolute atomic E-state index is 13.7. The van der Waals surface area contributed by atoms with Crippen LogP contribution in [0.3, 0.4) is 0 Å². The van der Waals surface area contributed by atoms with Crippen molar-refractivity contribution in [2.45, 2.75) is 66.1 Å². The Morgan fingerprint density at radius 2 is 1.59 bits per heavy atom. The number of hydrogen-bond acceptors (Lipinski definition) is 3. The van der Waals surface area contributed by atoms with E-state index in [1.165, 1.54) is 0 Å². The molecule has 0 aromatic heterocycles. The van der Waals surface area contributed by atoms with Gasteiger partial charge < -0.3 is 15.0 Å². The summed E-state index contributed by atoms with van der Waals surface area (Å²) in [5.74, 6) is 0.236. The van der Waals surface area contributed by atoms with E-state index in [1.54, 1.807) is 4.90 Å². The number of nitrogens with zero attached hydrogens (tertiary/aromatic N) is 1. The summed E-state index contributed by atoms with van der Waals surface area (Å²) in [5, 5.41) is 3.10. The van der Waals surface area contributed by atoms with Crippen LogP contribution in [0.1, 0.15) is 48.1 Å². The summed E-state index contributed by atoms with van der Waals surface area (Å²) in [6, 6.07) is 21.0. The molecule has 196 valence electrons. The van der Waals surface area contributed by atoms with Crippen molar-refractivity contribution in [1.82, 2.24) is 10.2 Å². The van der Waals surface area contributed by atoms with Gasteiger partial charge in [-0.05, 0) is 68.5 Å². The highest BCUT2D eigenvalue weighted by atomic mass is 79.9. The molecule has 0 aliphatic heterocycles. The number of carbonyl (C=O) groups excluding carboxylic acids is 2. The number of ether oxygens (including phenoxy) is 1. The minimum atomic E-state index is -0.679. The number of halogens is 1. The zero-order chi connectivity index (χ0) is 26.9. The monoisotopic (exact) mass is 564 g/mol. The van der Waals surface area contributed by atoms with E-state index in [0.29, 0.717) is 18.7 Å². The Balaban J connectivity index is 1.93. The van der Waals surface area contributed by atoms with Gasteiger partial charge in [0.15, 0.2) is 6.61 Å². The van der Waals surface area contributed by atoms with Crippen molar-refractivity contribution in [2.75, 3.05) is 6.61 Å². The molecule has 3 aromatic rings. The molecule has 0 unspecified atom stereocenters. The van der Waals surface area contributed by atoms with Crippen LogP contribution in [0.2, 0.25) is 0 Å². The third-order valence-electron chi connectivity index (χ3n) is 6.48. The topological polar surface area (TPSA) is 58.6 Å². The molecule has 0 bridgehead atoms. The van der Waals surface area contributed by atoms with E-state index >= 15 is 0 Å². The molecule has 0 saturated carbocycles. The quantitative estimate of drug-likeness (QED) is 0.297. The lowest BCUT2D eigenvalue weighted by Crippen LogP contribution is -2.53. The second kappa shape index (κ2) is 13.4. The fraction of sp³-hybridized carbons (Fsp3) is 0.355. The first-order valence-electron chi connectivity index (χ1n) is 12.8. The minimum absolute atomic E-state index is 0.00617. The second-order valence-electron chi connectivity index (χ2n) is 9.69. The summed E-state index contributed by atoms with van der Waals surface area (Å²) in [5.41, 5.74) is 5.14. The van der Waals surface area contributed by atoms with Gasteiger partial charge in [-0.15, -0.1) is 0 Å². The van der Waals surface area contributed by atoms with Crippen LogP contribution in [0, 0.1) is 20.8 Å². The Kier molecular flexibility index (Phi) is 10.3. The van der Waals surface area contributed by atoms with Crippen molar-refractivity contribution in [3.8, 4) is 5.75 Å². The molecule has 3 aromatic carbocycles. The summed E-state index contributed by atoms with van der Waals surface area (Å²) < 4.78 is 6.99. The van der Waals surface area contributed by atoms with Crippen molar-refractivity contribution >= 4 is 27.7 Å². The van der Waals surface area contributed by atoms with E-state index in [9.17, 15) is 9.59 Å². The third kappa shape index (κ3) is 8.19. The number of nitrogens with one attached hydrogen (secondary N) is 1. The highest BCUT2D eigenvalue weighted by molar-refractivity contribution is 9.10. The average Bonchev–Trinajstić information content (AvgIpc) is 2.88. The normalized spacial score (nSPS) is 12.5. The Morgan fingerprint density at radius 3 is 2.22 bits per heavy atom. The lowest BCUT2D eigenvalue weighted by Gasteiger charge is -2.32. The van der Waals surface area contributed by atoms with E-state index in [4.69, 9.17) is 4.74 Å². The summed E-state index contributed by atoms with van der Waals surface area (Å²) in [6.07, 6.45) is 1.22. The first-order valence-corrected chi connectivity index (χ1v) is 13.6. The summed E-state index contributed by atoms with van der Waals surface area (Å²) in [6.45, 7) is 10.2. The third-order valence-corrected chi connectivity index (χ3v) is 7.73. The highest BCUT2D eigenvalue weighted by Gasteiger charge is 2.31. The number of hydrogen-bond donors (Lipinski definition) is 1. The van der Waals surface area contributed by atoms with Crippen LogP contribution < -0.4 is 10.1 Å². The SMILES string of the molecule is CC[C@H](C)NC(=O)[C@H](Cc1ccccc1)N(Cc1cccc(C)c1)C(=O)COc1cc(C)c(Br)c(C)c1. The molecule has 5 nitrogen and oxygen atoms in total. The molecule has 0 aliphatic rings. The molecule has 2 atom stereocenters. The smallest absolute Gasteiger partial charge is 0.261 e. The van der Waals surface area contributed by atoms with Gasteiger partial charge in [0.1, 0.15) is 11.8 Å². The maximum Gasteiger partial charge on any atom is 0.261 e. The van der Waals surface area contributed by atoms with E-state index in [-0.39, 0.29) is 24.5 Å². The zero-order valence-corrected chi connectivity index (χ0v) is 24.0. The number of rotatable bonds is 11. The largest absolute Gasteiger partial charge is 0.484 e. The second-order valence-corrected chi connectivity index (χ2v) is 10.5. The van der Waals surface area contributed by atoms with Crippen LogP contribution >= 0.6 is 15.9 Å². The number of aryl methyl sites for hydroxylation is 3.